The average Bonchev–Trinajstić information content (AvgIpc) is 2.80. The second-order valence-corrected chi connectivity index (χ2v) is 6.63. The molecule has 9 heteroatoms. The minimum atomic E-state index is -0.464. The van der Waals surface area contributed by atoms with Crippen LogP contribution in [0.1, 0.15) is 18.1 Å². The van der Waals surface area contributed by atoms with Crippen LogP contribution < -0.4 is 30.4 Å². The van der Waals surface area contributed by atoms with Gasteiger partial charge in [0, 0.05) is 6.08 Å². The average molecular weight is 444 g/mol. The van der Waals surface area contributed by atoms with Crippen molar-refractivity contribution in [3.8, 4) is 17.2 Å². The Morgan fingerprint density at radius 3 is 2.35 bits per heavy atom. The smallest absolute Gasteiger partial charge is 0.276 e. The molecule has 0 atom stereocenters. The van der Waals surface area contributed by atoms with Crippen LogP contribution in [0.2, 0.25) is 0 Å². The first-order chi connectivity index (χ1) is 14.9. The SMILES string of the molecule is CCc1ccc(OCC(=O)NNC(=S)NC(=O)/C=C/c2ccc(OC)c(OC)c2)cc1. The molecule has 0 unspecified atom stereocenters. The number of thiocarbonyl (C=S) groups is 1. The fourth-order valence-electron chi connectivity index (χ4n) is 2.45. The van der Waals surface area contributed by atoms with Gasteiger partial charge in [0.1, 0.15) is 5.75 Å². The summed E-state index contributed by atoms with van der Waals surface area (Å²) in [7, 11) is 3.08. The summed E-state index contributed by atoms with van der Waals surface area (Å²) < 4.78 is 15.8. The first-order valence-electron chi connectivity index (χ1n) is 9.46. The predicted octanol–water partition coefficient (Wildman–Crippen LogP) is 2.38. The highest BCUT2D eigenvalue weighted by atomic mass is 32.1. The van der Waals surface area contributed by atoms with Crippen LogP contribution in [0, 0.1) is 0 Å². The van der Waals surface area contributed by atoms with Gasteiger partial charge in [0.2, 0.25) is 5.91 Å². The van der Waals surface area contributed by atoms with Crippen LogP contribution >= 0.6 is 12.2 Å². The lowest BCUT2D eigenvalue weighted by atomic mass is 10.2. The molecule has 3 N–H and O–H groups in total. The zero-order valence-electron chi connectivity index (χ0n) is 17.6. The molecule has 8 nitrogen and oxygen atoms in total. The largest absolute Gasteiger partial charge is 0.493 e. The summed E-state index contributed by atoms with van der Waals surface area (Å²) in [5, 5.41) is 2.37. The molecule has 0 saturated heterocycles. The van der Waals surface area contributed by atoms with E-state index in [2.05, 4.69) is 23.1 Å². The van der Waals surface area contributed by atoms with Gasteiger partial charge in [0.05, 0.1) is 14.2 Å². The minimum Gasteiger partial charge on any atom is -0.493 e. The van der Waals surface area contributed by atoms with Crippen molar-refractivity contribution in [3.63, 3.8) is 0 Å². The molecule has 0 bridgehead atoms. The van der Waals surface area contributed by atoms with Gasteiger partial charge in [-0.05, 0) is 60.1 Å². The molecule has 0 fully saturated rings. The lowest BCUT2D eigenvalue weighted by Crippen LogP contribution is -2.49. The van der Waals surface area contributed by atoms with Crippen LogP contribution in [-0.4, -0.2) is 37.8 Å². The maximum atomic E-state index is 12.0. The summed E-state index contributed by atoms with van der Waals surface area (Å²) in [4.78, 5) is 23.8. The summed E-state index contributed by atoms with van der Waals surface area (Å²) in [6.45, 7) is 1.86. The number of ether oxygens (including phenoxy) is 3. The summed E-state index contributed by atoms with van der Waals surface area (Å²) in [5.74, 6) is 0.815. The van der Waals surface area contributed by atoms with Crippen molar-refractivity contribution in [2.75, 3.05) is 20.8 Å². The maximum absolute atomic E-state index is 12.0. The maximum Gasteiger partial charge on any atom is 0.276 e. The molecular weight excluding hydrogens is 418 g/mol. The van der Waals surface area contributed by atoms with Crippen molar-refractivity contribution in [3.05, 3.63) is 59.7 Å². The third-order valence-corrected chi connectivity index (χ3v) is 4.29. The fraction of sp³-hybridized carbons (Fsp3) is 0.227. The molecule has 2 aromatic carbocycles. The van der Waals surface area contributed by atoms with E-state index in [0.717, 1.165) is 12.0 Å². The molecule has 0 radical (unpaired) electrons. The van der Waals surface area contributed by atoms with Crippen molar-refractivity contribution in [2.24, 2.45) is 0 Å². The molecule has 0 aliphatic carbocycles. The summed E-state index contributed by atoms with van der Waals surface area (Å²) in [6.07, 6.45) is 3.83. The number of carbonyl (C=O) groups excluding carboxylic acids is 2. The highest BCUT2D eigenvalue weighted by molar-refractivity contribution is 7.80. The van der Waals surface area contributed by atoms with Gasteiger partial charge in [-0.3, -0.25) is 25.8 Å². The predicted molar refractivity (Wildman–Crippen MR) is 122 cm³/mol. The highest BCUT2D eigenvalue weighted by Gasteiger charge is 2.06. The van der Waals surface area contributed by atoms with Crippen molar-refractivity contribution in [1.29, 1.82) is 0 Å². The third-order valence-electron chi connectivity index (χ3n) is 4.09. The van der Waals surface area contributed by atoms with Gasteiger partial charge in [0.25, 0.3) is 5.91 Å². The Morgan fingerprint density at radius 2 is 1.71 bits per heavy atom. The number of amides is 2. The number of carbonyl (C=O) groups is 2. The van der Waals surface area contributed by atoms with Crippen molar-refractivity contribution in [1.82, 2.24) is 16.2 Å². The molecule has 0 heterocycles. The van der Waals surface area contributed by atoms with Crippen LogP contribution in [0.15, 0.2) is 48.5 Å². The van der Waals surface area contributed by atoms with Gasteiger partial charge in [-0.1, -0.05) is 25.1 Å². The molecule has 164 valence electrons. The highest BCUT2D eigenvalue weighted by Crippen LogP contribution is 2.27. The van der Waals surface area contributed by atoms with Gasteiger partial charge >= 0.3 is 0 Å². The van der Waals surface area contributed by atoms with Crippen LogP contribution in [0.4, 0.5) is 0 Å². The van der Waals surface area contributed by atoms with E-state index in [0.29, 0.717) is 17.2 Å². The Hall–Kier alpha value is -3.59. The number of benzene rings is 2. The standard InChI is InChI=1S/C22H25N3O5S/c1-4-15-5-9-17(10-6-15)30-14-21(27)24-25-22(31)23-20(26)12-8-16-7-11-18(28-2)19(13-16)29-3/h5-13H,4,14H2,1-3H3,(H,24,27)(H2,23,25,26,31)/b12-8+. The van der Waals surface area contributed by atoms with E-state index < -0.39 is 11.8 Å². The number of hydrogen-bond donors (Lipinski definition) is 3. The topological polar surface area (TPSA) is 97.9 Å². The second-order valence-electron chi connectivity index (χ2n) is 6.23. The number of rotatable bonds is 8. The van der Waals surface area contributed by atoms with Gasteiger partial charge in [-0.2, -0.15) is 0 Å². The van der Waals surface area contributed by atoms with Crippen molar-refractivity contribution < 1.29 is 23.8 Å². The lowest BCUT2D eigenvalue weighted by molar-refractivity contribution is -0.123. The Bertz CT molecular complexity index is 945. The van der Waals surface area contributed by atoms with Gasteiger partial charge in [-0.25, -0.2) is 0 Å². The number of aryl methyl sites for hydroxylation is 1. The van der Waals surface area contributed by atoms with E-state index in [9.17, 15) is 9.59 Å². The number of hydrazine groups is 1. The summed E-state index contributed by atoms with van der Waals surface area (Å²) >= 11 is 4.99. The molecular formula is C22H25N3O5S. The quantitative estimate of drug-likeness (QED) is 0.327. The molecule has 2 rings (SSSR count). The van der Waals surface area contributed by atoms with Gasteiger partial charge < -0.3 is 14.2 Å². The van der Waals surface area contributed by atoms with Gasteiger partial charge in [-0.15, -0.1) is 0 Å². The Kier molecular flexibility index (Phi) is 9.31. The zero-order chi connectivity index (χ0) is 22.6. The van der Waals surface area contributed by atoms with Crippen LogP contribution in [0.25, 0.3) is 6.08 Å². The zero-order valence-corrected chi connectivity index (χ0v) is 18.4. The summed E-state index contributed by atoms with van der Waals surface area (Å²) in [6, 6.07) is 12.7. The van der Waals surface area contributed by atoms with E-state index in [1.54, 1.807) is 43.5 Å². The van der Waals surface area contributed by atoms with Gasteiger partial charge in [0.15, 0.2) is 23.2 Å². The van der Waals surface area contributed by atoms with E-state index in [-0.39, 0.29) is 11.7 Å². The van der Waals surface area contributed by atoms with E-state index >= 15 is 0 Å². The monoisotopic (exact) mass is 443 g/mol. The molecule has 2 aromatic rings. The Balaban J connectivity index is 1.74. The first-order valence-corrected chi connectivity index (χ1v) is 9.87. The van der Waals surface area contributed by atoms with E-state index in [1.807, 2.05) is 12.1 Å². The molecule has 0 aromatic heterocycles. The second kappa shape index (κ2) is 12.2. The molecule has 0 aliphatic rings. The lowest BCUT2D eigenvalue weighted by Gasteiger charge is -2.11. The number of nitrogens with one attached hydrogen (secondary N) is 3. The normalized spacial score (nSPS) is 10.3. The number of hydrogen-bond acceptors (Lipinski definition) is 6. The molecule has 0 saturated carbocycles. The fourth-order valence-corrected chi connectivity index (χ4v) is 2.60. The van der Waals surface area contributed by atoms with Crippen molar-refractivity contribution in [2.45, 2.75) is 13.3 Å². The molecule has 31 heavy (non-hydrogen) atoms. The summed E-state index contributed by atoms with van der Waals surface area (Å²) in [5.41, 5.74) is 6.73. The number of methoxy groups -OCH3 is 2. The van der Waals surface area contributed by atoms with E-state index in [1.165, 1.54) is 18.7 Å². The Labute approximate surface area is 186 Å². The molecule has 0 aliphatic heterocycles. The van der Waals surface area contributed by atoms with Crippen LogP contribution in [0.3, 0.4) is 0 Å². The first kappa shape index (κ1) is 23.7. The van der Waals surface area contributed by atoms with Crippen molar-refractivity contribution >= 4 is 35.2 Å². The Morgan fingerprint density at radius 1 is 1.00 bits per heavy atom. The third kappa shape index (κ3) is 7.98. The molecule has 2 amide bonds. The minimum absolute atomic E-state index is 0.0531. The van der Waals surface area contributed by atoms with Crippen LogP contribution in [-0.2, 0) is 16.0 Å². The van der Waals surface area contributed by atoms with E-state index in [4.69, 9.17) is 26.4 Å². The molecule has 0 spiro atoms. The van der Waals surface area contributed by atoms with Crippen LogP contribution in [0.5, 0.6) is 17.2 Å².